The molecule has 1 amide bonds. The Bertz CT molecular complexity index is 964. The molecule has 2 aromatic carbocycles. The molecule has 2 aromatic rings. The molecule has 10 heteroatoms. The number of rotatable bonds is 8. The predicted octanol–water partition coefficient (Wildman–Crippen LogP) is 2.13. The van der Waals surface area contributed by atoms with Gasteiger partial charge >= 0.3 is 0 Å². The minimum atomic E-state index is -3.50. The van der Waals surface area contributed by atoms with Crippen molar-refractivity contribution in [2.45, 2.75) is 0 Å². The molecule has 0 saturated carbocycles. The van der Waals surface area contributed by atoms with Crippen LogP contribution in [0.25, 0.3) is 0 Å². The van der Waals surface area contributed by atoms with Crippen LogP contribution in [0.2, 0.25) is 5.02 Å². The van der Waals surface area contributed by atoms with Gasteiger partial charge in [0, 0.05) is 43.4 Å². The number of carbonyl (C=O) groups excluding carboxylic acids is 1. The number of hydrogen-bond donors (Lipinski definition) is 1. The van der Waals surface area contributed by atoms with Crippen LogP contribution in [0.15, 0.2) is 48.5 Å². The fourth-order valence-corrected chi connectivity index (χ4v) is 4.54. The summed E-state index contributed by atoms with van der Waals surface area (Å²) in [4.78, 5) is 13.9. The number of nitrogens with one attached hydrogen (secondary N) is 1. The van der Waals surface area contributed by atoms with E-state index in [2.05, 4.69) is 10.2 Å². The molecule has 0 radical (unpaired) electrons. The van der Waals surface area contributed by atoms with E-state index in [-0.39, 0.29) is 24.7 Å². The van der Waals surface area contributed by atoms with Crippen molar-refractivity contribution in [3.63, 3.8) is 0 Å². The van der Waals surface area contributed by atoms with E-state index in [0.717, 1.165) is 5.69 Å². The first kappa shape index (κ1) is 22.3. The molecule has 1 heterocycles. The molecule has 1 saturated heterocycles. The highest BCUT2D eigenvalue weighted by atomic mass is 35.5. The van der Waals surface area contributed by atoms with Crippen molar-refractivity contribution in [1.29, 1.82) is 0 Å². The average Bonchev–Trinajstić information content (AvgIpc) is 2.74. The van der Waals surface area contributed by atoms with Gasteiger partial charge in [0.15, 0.2) is 18.2 Å². The van der Waals surface area contributed by atoms with Crippen LogP contribution in [-0.4, -0.2) is 63.7 Å². The highest BCUT2D eigenvalue weighted by Crippen LogP contribution is 2.20. The summed E-state index contributed by atoms with van der Waals surface area (Å²) in [5.74, 6) is -1.32. The zero-order chi connectivity index (χ0) is 21.6. The minimum Gasteiger partial charge on any atom is -0.481 e. The van der Waals surface area contributed by atoms with Gasteiger partial charge in [-0.05, 0) is 36.4 Å². The lowest BCUT2D eigenvalue weighted by atomic mass is 10.2. The van der Waals surface area contributed by atoms with E-state index in [1.165, 1.54) is 22.5 Å². The maximum absolute atomic E-state index is 13.5. The van der Waals surface area contributed by atoms with Crippen molar-refractivity contribution in [3.8, 4) is 5.75 Å². The summed E-state index contributed by atoms with van der Waals surface area (Å²) in [7, 11) is -3.50. The first-order valence-corrected chi connectivity index (χ1v) is 11.5. The highest BCUT2D eigenvalue weighted by molar-refractivity contribution is 7.89. The standard InChI is InChI=1S/C20H23ClFN3O4S/c21-16-5-7-17(8-6-16)24-10-12-25(13-11-24)30(27,28)14-9-23-20(26)15-29-19-4-2-1-3-18(19)22/h1-8H,9-15H2,(H,23,26). The van der Waals surface area contributed by atoms with Gasteiger partial charge < -0.3 is 15.0 Å². The summed E-state index contributed by atoms with van der Waals surface area (Å²) >= 11 is 5.90. The number of piperazine rings is 1. The van der Waals surface area contributed by atoms with Gasteiger partial charge in [0.05, 0.1) is 5.75 Å². The normalized spacial score (nSPS) is 15.1. The molecule has 0 atom stereocenters. The third kappa shape index (κ3) is 6.07. The van der Waals surface area contributed by atoms with Gasteiger partial charge in [-0.25, -0.2) is 12.8 Å². The quantitative estimate of drug-likeness (QED) is 0.659. The minimum absolute atomic E-state index is 0.0289. The molecule has 162 valence electrons. The Morgan fingerprint density at radius 2 is 1.73 bits per heavy atom. The number of benzene rings is 2. The number of sulfonamides is 1. The Morgan fingerprint density at radius 3 is 2.40 bits per heavy atom. The zero-order valence-electron chi connectivity index (χ0n) is 16.3. The van der Waals surface area contributed by atoms with E-state index in [4.69, 9.17) is 16.3 Å². The molecule has 30 heavy (non-hydrogen) atoms. The third-order valence-electron chi connectivity index (χ3n) is 4.70. The average molecular weight is 456 g/mol. The molecule has 0 unspecified atom stereocenters. The smallest absolute Gasteiger partial charge is 0.257 e. The second-order valence-corrected chi connectivity index (χ2v) is 9.27. The number of para-hydroxylation sites is 1. The molecule has 0 spiro atoms. The van der Waals surface area contributed by atoms with Crippen LogP contribution < -0.4 is 15.0 Å². The van der Waals surface area contributed by atoms with Gasteiger partial charge in [0.1, 0.15) is 0 Å². The van der Waals surface area contributed by atoms with E-state index in [0.29, 0.717) is 31.2 Å². The second kappa shape index (κ2) is 10.1. The van der Waals surface area contributed by atoms with Crippen LogP contribution >= 0.6 is 11.6 Å². The van der Waals surface area contributed by atoms with Crippen molar-refractivity contribution in [2.75, 3.05) is 50.0 Å². The fraction of sp³-hybridized carbons (Fsp3) is 0.350. The Balaban J connectivity index is 1.40. The molecular formula is C20H23ClFN3O4S. The van der Waals surface area contributed by atoms with Crippen molar-refractivity contribution in [2.24, 2.45) is 0 Å². The van der Waals surface area contributed by atoms with Crippen LogP contribution in [0.1, 0.15) is 0 Å². The van der Waals surface area contributed by atoms with Crippen molar-refractivity contribution in [3.05, 3.63) is 59.4 Å². The third-order valence-corrected chi connectivity index (χ3v) is 6.83. The van der Waals surface area contributed by atoms with E-state index in [1.807, 2.05) is 12.1 Å². The molecule has 0 aliphatic carbocycles. The maximum Gasteiger partial charge on any atom is 0.257 e. The van der Waals surface area contributed by atoms with E-state index in [1.54, 1.807) is 18.2 Å². The molecule has 0 bridgehead atoms. The lowest BCUT2D eigenvalue weighted by Gasteiger charge is -2.35. The summed E-state index contributed by atoms with van der Waals surface area (Å²) in [5, 5.41) is 3.15. The van der Waals surface area contributed by atoms with Gasteiger partial charge in [-0.2, -0.15) is 4.31 Å². The van der Waals surface area contributed by atoms with Crippen LogP contribution in [0.5, 0.6) is 5.75 Å². The van der Waals surface area contributed by atoms with Crippen molar-refractivity contribution >= 4 is 33.2 Å². The van der Waals surface area contributed by atoms with Crippen LogP contribution in [0.4, 0.5) is 10.1 Å². The Labute approximate surface area is 180 Å². The monoisotopic (exact) mass is 455 g/mol. The molecule has 1 aliphatic heterocycles. The Hall–Kier alpha value is -2.36. The maximum atomic E-state index is 13.5. The van der Waals surface area contributed by atoms with Gasteiger partial charge in [-0.3, -0.25) is 4.79 Å². The molecule has 7 nitrogen and oxygen atoms in total. The summed E-state index contributed by atoms with van der Waals surface area (Å²) in [6.07, 6.45) is 0. The molecule has 1 N–H and O–H groups in total. The predicted molar refractivity (Wildman–Crippen MR) is 114 cm³/mol. The van der Waals surface area contributed by atoms with Gasteiger partial charge in [0.25, 0.3) is 5.91 Å². The van der Waals surface area contributed by atoms with E-state index in [9.17, 15) is 17.6 Å². The summed E-state index contributed by atoms with van der Waals surface area (Å²) in [6.45, 7) is 1.46. The zero-order valence-corrected chi connectivity index (χ0v) is 17.8. The molecule has 1 fully saturated rings. The van der Waals surface area contributed by atoms with Gasteiger partial charge in [-0.15, -0.1) is 0 Å². The molecule has 1 aliphatic rings. The molecular weight excluding hydrogens is 433 g/mol. The fourth-order valence-electron chi connectivity index (χ4n) is 3.08. The largest absolute Gasteiger partial charge is 0.481 e. The van der Waals surface area contributed by atoms with Crippen molar-refractivity contribution in [1.82, 2.24) is 9.62 Å². The number of hydrogen-bond acceptors (Lipinski definition) is 5. The van der Waals surface area contributed by atoms with Crippen LogP contribution in [0.3, 0.4) is 0 Å². The lowest BCUT2D eigenvalue weighted by molar-refractivity contribution is -0.123. The Morgan fingerprint density at radius 1 is 1.07 bits per heavy atom. The summed E-state index contributed by atoms with van der Waals surface area (Å²) < 4.78 is 45.1. The van der Waals surface area contributed by atoms with Gasteiger partial charge in [0.2, 0.25) is 10.0 Å². The number of amides is 1. The van der Waals surface area contributed by atoms with Gasteiger partial charge in [-0.1, -0.05) is 23.7 Å². The number of nitrogens with zero attached hydrogens (tertiary/aromatic N) is 2. The number of halogens is 2. The number of anilines is 1. The van der Waals surface area contributed by atoms with Crippen LogP contribution in [-0.2, 0) is 14.8 Å². The van der Waals surface area contributed by atoms with E-state index >= 15 is 0 Å². The lowest BCUT2D eigenvalue weighted by Crippen LogP contribution is -2.50. The topological polar surface area (TPSA) is 78.9 Å². The first-order chi connectivity index (χ1) is 14.3. The number of ether oxygens (including phenoxy) is 1. The van der Waals surface area contributed by atoms with E-state index < -0.39 is 21.7 Å². The highest BCUT2D eigenvalue weighted by Gasteiger charge is 2.26. The second-order valence-electron chi connectivity index (χ2n) is 6.75. The summed E-state index contributed by atoms with van der Waals surface area (Å²) in [5.41, 5.74) is 0.999. The SMILES string of the molecule is O=C(COc1ccccc1F)NCCS(=O)(=O)N1CCN(c2ccc(Cl)cc2)CC1. The first-order valence-electron chi connectivity index (χ1n) is 9.47. The number of carbonyl (C=O) groups is 1. The summed E-state index contributed by atoms with van der Waals surface area (Å²) in [6, 6.07) is 13.2. The van der Waals surface area contributed by atoms with Crippen LogP contribution in [0, 0.1) is 5.82 Å². The van der Waals surface area contributed by atoms with Crippen molar-refractivity contribution < 1.29 is 22.3 Å². The Kier molecular flexibility index (Phi) is 7.52. The molecule has 0 aromatic heterocycles. The molecule has 3 rings (SSSR count).